The molecule has 0 aliphatic carbocycles. The molecule has 0 bridgehead atoms. The van der Waals surface area contributed by atoms with Crippen LogP contribution in [-0.2, 0) is 0 Å². The van der Waals surface area contributed by atoms with Gasteiger partial charge in [0, 0.05) is 26.8 Å². The normalized spacial score (nSPS) is 8.84. The number of azide groups is 2. The van der Waals surface area contributed by atoms with Crippen molar-refractivity contribution in [1.82, 2.24) is 0 Å². The van der Waals surface area contributed by atoms with Gasteiger partial charge in [0.15, 0.2) is 5.78 Å². The Morgan fingerprint density at radius 1 is 0.880 bits per heavy atom. The van der Waals surface area contributed by atoms with Gasteiger partial charge in [-0.25, -0.2) is 4.79 Å². The minimum absolute atomic E-state index is 0.00693. The molecule has 0 aromatic heterocycles. The number of rotatable bonds is 5. The van der Waals surface area contributed by atoms with E-state index in [1.807, 2.05) is 0 Å². The number of hydrogen-bond acceptors (Lipinski definition) is 4. The first kappa shape index (κ1) is 19.7. The molecule has 0 saturated carbocycles. The second kappa shape index (κ2) is 10.5. The summed E-state index contributed by atoms with van der Waals surface area (Å²) < 4.78 is 0. The van der Waals surface area contributed by atoms with Crippen LogP contribution in [0.25, 0.3) is 20.9 Å². The van der Waals surface area contributed by atoms with E-state index in [2.05, 4.69) is 36.0 Å². The maximum atomic E-state index is 11.1. The third kappa shape index (κ3) is 6.76. The van der Waals surface area contributed by atoms with Crippen molar-refractivity contribution in [2.75, 3.05) is 5.33 Å². The molecule has 0 atom stereocenters. The van der Waals surface area contributed by atoms with Crippen LogP contribution in [0.4, 0.5) is 11.4 Å². The molecule has 2 aromatic carbocycles. The van der Waals surface area contributed by atoms with Crippen LogP contribution < -0.4 is 0 Å². The predicted octanol–water partition coefficient (Wildman–Crippen LogP) is 5.53. The number of benzene rings is 2. The number of nitrogens with zero attached hydrogens (tertiary/aromatic N) is 6. The van der Waals surface area contributed by atoms with Gasteiger partial charge in [-0.2, -0.15) is 0 Å². The van der Waals surface area contributed by atoms with Crippen LogP contribution >= 0.6 is 15.9 Å². The molecule has 0 aliphatic heterocycles. The number of alkyl halides is 1. The Bertz CT molecular complexity index is 818. The summed E-state index contributed by atoms with van der Waals surface area (Å²) in [5, 5.41) is 15.5. The van der Waals surface area contributed by atoms with Crippen molar-refractivity contribution in [3.63, 3.8) is 0 Å². The molecule has 0 unspecified atom stereocenters. The largest absolute Gasteiger partial charge is 0.478 e. The van der Waals surface area contributed by atoms with Crippen LogP contribution in [0.2, 0.25) is 0 Å². The smallest absolute Gasteiger partial charge is 0.335 e. The van der Waals surface area contributed by atoms with E-state index in [-0.39, 0.29) is 11.3 Å². The molecule has 10 heteroatoms. The second-order valence-corrected chi connectivity index (χ2v) is 4.90. The fraction of sp³-hybridized carbons (Fsp3) is 0.0667. The molecular weight excluding hydrogens is 392 g/mol. The molecule has 126 valence electrons. The molecule has 0 radical (unpaired) electrons. The van der Waals surface area contributed by atoms with Crippen molar-refractivity contribution in [2.24, 2.45) is 10.2 Å². The quantitative estimate of drug-likeness (QED) is 0.229. The number of carbonyl (C=O) groups excluding carboxylic acids is 1. The van der Waals surface area contributed by atoms with E-state index in [4.69, 9.17) is 16.2 Å². The highest BCUT2D eigenvalue weighted by molar-refractivity contribution is 9.09. The summed E-state index contributed by atoms with van der Waals surface area (Å²) in [5.41, 5.74) is 17.9. The van der Waals surface area contributed by atoms with E-state index in [9.17, 15) is 9.59 Å². The third-order valence-corrected chi connectivity index (χ3v) is 3.25. The van der Waals surface area contributed by atoms with Crippen LogP contribution in [0, 0.1) is 0 Å². The van der Waals surface area contributed by atoms with Gasteiger partial charge in [-0.1, -0.05) is 62.6 Å². The highest BCUT2D eigenvalue weighted by atomic mass is 79.9. The second-order valence-electron chi connectivity index (χ2n) is 4.33. The molecule has 0 fully saturated rings. The van der Waals surface area contributed by atoms with Crippen molar-refractivity contribution in [3.8, 4) is 0 Å². The molecule has 0 heterocycles. The Labute approximate surface area is 150 Å². The van der Waals surface area contributed by atoms with Crippen molar-refractivity contribution in [2.45, 2.75) is 0 Å². The summed E-state index contributed by atoms with van der Waals surface area (Å²) in [6.07, 6.45) is 0. The van der Waals surface area contributed by atoms with E-state index < -0.39 is 5.97 Å². The van der Waals surface area contributed by atoms with Gasteiger partial charge in [0.1, 0.15) is 0 Å². The van der Waals surface area contributed by atoms with Crippen molar-refractivity contribution < 1.29 is 14.7 Å². The highest BCUT2D eigenvalue weighted by Crippen LogP contribution is 2.14. The number of Topliss-reactive ketones (excluding diaryl/α,β-unsaturated/α-hetero) is 1. The lowest BCUT2D eigenvalue weighted by atomic mass is 10.1. The Morgan fingerprint density at radius 2 is 1.28 bits per heavy atom. The summed E-state index contributed by atoms with van der Waals surface area (Å²) in [5.74, 6) is -0.991. The SMILES string of the molecule is [N-]=[N+]=Nc1ccc(C(=O)CBr)cc1.[N-]=[N+]=Nc1ccc(C(=O)O)cc1. The van der Waals surface area contributed by atoms with Gasteiger partial charge in [0.05, 0.1) is 10.9 Å². The average Bonchev–Trinajstić information content (AvgIpc) is 2.63. The highest BCUT2D eigenvalue weighted by Gasteiger charge is 2.02. The van der Waals surface area contributed by atoms with Crippen LogP contribution in [0.5, 0.6) is 0 Å². The number of ketones is 1. The summed E-state index contributed by atoms with van der Waals surface area (Å²) in [7, 11) is 0. The molecule has 1 N–H and O–H groups in total. The minimum Gasteiger partial charge on any atom is -0.478 e. The fourth-order valence-corrected chi connectivity index (χ4v) is 1.89. The van der Waals surface area contributed by atoms with Crippen molar-refractivity contribution >= 4 is 39.1 Å². The molecule has 25 heavy (non-hydrogen) atoms. The number of carboxylic acid groups (broad SMARTS) is 1. The Morgan fingerprint density at radius 3 is 1.60 bits per heavy atom. The van der Waals surface area contributed by atoms with Gasteiger partial charge in [0.2, 0.25) is 0 Å². The zero-order valence-corrected chi connectivity index (χ0v) is 14.2. The van der Waals surface area contributed by atoms with Gasteiger partial charge >= 0.3 is 5.97 Å². The number of aromatic carboxylic acids is 1. The van der Waals surface area contributed by atoms with Crippen LogP contribution in [0.15, 0.2) is 58.8 Å². The molecule has 0 aliphatic rings. The number of carboxylic acids is 1. The summed E-state index contributed by atoms with van der Waals surface area (Å²) in [6.45, 7) is 0. The first-order chi connectivity index (χ1) is 12.0. The first-order valence-corrected chi connectivity index (χ1v) is 7.76. The van der Waals surface area contributed by atoms with E-state index in [1.165, 1.54) is 24.3 Å². The monoisotopic (exact) mass is 402 g/mol. The first-order valence-electron chi connectivity index (χ1n) is 6.64. The van der Waals surface area contributed by atoms with Gasteiger partial charge in [-0.15, -0.1) is 0 Å². The molecule has 0 saturated heterocycles. The fourth-order valence-electron chi connectivity index (χ4n) is 1.57. The van der Waals surface area contributed by atoms with Crippen LogP contribution in [-0.4, -0.2) is 22.2 Å². The van der Waals surface area contributed by atoms with Crippen LogP contribution in [0.3, 0.4) is 0 Å². The van der Waals surface area contributed by atoms with Gasteiger partial charge < -0.3 is 5.11 Å². The van der Waals surface area contributed by atoms with E-state index >= 15 is 0 Å². The standard InChI is InChI=1S/C8H6BrN3O.C7H5N3O2/c9-5-8(13)6-1-3-7(4-2-6)11-12-10;8-10-9-6-3-1-5(2-4-6)7(11)12/h1-4H,5H2;1-4H,(H,11,12). The molecule has 0 amide bonds. The van der Waals surface area contributed by atoms with E-state index in [0.717, 1.165) is 0 Å². The number of carbonyl (C=O) groups is 2. The maximum Gasteiger partial charge on any atom is 0.335 e. The number of hydrogen-bond donors (Lipinski definition) is 1. The number of halogens is 1. The van der Waals surface area contributed by atoms with Crippen LogP contribution in [0.1, 0.15) is 20.7 Å². The minimum atomic E-state index is -0.998. The van der Waals surface area contributed by atoms with Gasteiger partial charge in [-0.05, 0) is 23.2 Å². The molecule has 2 aromatic rings. The third-order valence-electron chi connectivity index (χ3n) is 2.75. The van der Waals surface area contributed by atoms with Crippen molar-refractivity contribution in [1.29, 1.82) is 0 Å². The van der Waals surface area contributed by atoms with E-state index in [1.54, 1.807) is 24.3 Å². The van der Waals surface area contributed by atoms with Gasteiger partial charge in [0.25, 0.3) is 0 Å². The van der Waals surface area contributed by atoms with Crippen molar-refractivity contribution in [3.05, 3.63) is 80.5 Å². The Balaban J connectivity index is 0.000000251. The van der Waals surface area contributed by atoms with E-state index in [0.29, 0.717) is 22.3 Å². The Hall–Kier alpha value is -3.32. The van der Waals surface area contributed by atoms with Gasteiger partial charge in [-0.3, -0.25) is 4.79 Å². The lowest BCUT2D eigenvalue weighted by Crippen LogP contribution is -1.98. The molecular formula is C15H11BrN6O3. The molecule has 2 rings (SSSR count). The summed E-state index contributed by atoms with van der Waals surface area (Å²) >= 11 is 3.07. The maximum absolute atomic E-state index is 11.1. The molecule has 9 nitrogen and oxygen atoms in total. The summed E-state index contributed by atoms with van der Waals surface area (Å²) in [6, 6.07) is 12.1. The molecule has 0 spiro atoms. The topological polar surface area (TPSA) is 152 Å². The predicted molar refractivity (Wildman–Crippen MR) is 95.6 cm³/mol. The zero-order valence-electron chi connectivity index (χ0n) is 12.7. The average molecular weight is 403 g/mol. The summed E-state index contributed by atoms with van der Waals surface area (Å²) in [4.78, 5) is 26.7. The lowest BCUT2D eigenvalue weighted by Gasteiger charge is -1.96. The lowest BCUT2D eigenvalue weighted by molar-refractivity contribution is 0.0696. The zero-order chi connectivity index (χ0) is 18.7. The Kier molecular flexibility index (Phi) is 8.25.